The van der Waals surface area contributed by atoms with Gasteiger partial charge in [0.2, 0.25) is 0 Å². The van der Waals surface area contributed by atoms with Crippen molar-refractivity contribution in [2.45, 2.75) is 6.54 Å². The van der Waals surface area contributed by atoms with Crippen LogP contribution in [0.25, 0.3) is 10.9 Å². The molecule has 1 heterocycles. The third-order valence-electron chi connectivity index (χ3n) is 3.52. The summed E-state index contributed by atoms with van der Waals surface area (Å²) >= 11 is 0. The van der Waals surface area contributed by atoms with Gasteiger partial charge in [0.25, 0.3) is 0 Å². The van der Waals surface area contributed by atoms with Crippen molar-refractivity contribution in [3.8, 4) is 6.07 Å². The molecule has 3 aromatic rings. The predicted octanol–water partition coefficient (Wildman–Crippen LogP) is 3.40. The SMILES string of the molecule is N#Cc1ccc(Cn2cc(C(=O)O)c3c(F)cccc32)cc1. The van der Waals surface area contributed by atoms with Gasteiger partial charge in [-0.2, -0.15) is 5.26 Å². The average Bonchev–Trinajstić information content (AvgIpc) is 2.89. The van der Waals surface area contributed by atoms with E-state index in [1.54, 1.807) is 41.0 Å². The summed E-state index contributed by atoms with van der Waals surface area (Å²) in [5.74, 6) is -1.71. The van der Waals surface area contributed by atoms with Crippen molar-refractivity contribution in [3.05, 3.63) is 71.2 Å². The van der Waals surface area contributed by atoms with Crippen molar-refractivity contribution >= 4 is 16.9 Å². The van der Waals surface area contributed by atoms with Crippen molar-refractivity contribution in [3.63, 3.8) is 0 Å². The Bertz CT molecular complexity index is 905. The molecule has 1 N–H and O–H groups in total. The van der Waals surface area contributed by atoms with Crippen molar-refractivity contribution in [1.82, 2.24) is 4.57 Å². The molecule has 22 heavy (non-hydrogen) atoms. The number of rotatable bonds is 3. The summed E-state index contributed by atoms with van der Waals surface area (Å²) in [6, 6.07) is 13.5. The lowest BCUT2D eigenvalue weighted by molar-refractivity contribution is 0.0698. The van der Waals surface area contributed by atoms with Crippen LogP contribution in [-0.2, 0) is 6.54 Å². The van der Waals surface area contributed by atoms with E-state index in [1.165, 1.54) is 12.3 Å². The number of halogens is 1. The second-order valence-corrected chi connectivity index (χ2v) is 4.92. The van der Waals surface area contributed by atoms with Gasteiger partial charge in [-0.1, -0.05) is 18.2 Å². The molecule has 2 aromatic carbocycles. The highest BCUT2D eigenvalue weighted by Crippen LogP contribution is 2.25. The molecule has 0 aliphatic rings. The number of nitrogens with zero attached hydrogens (tertiary/aromatic N) is 2. The first-order valence-corrected chi connectivity index (χ1v) is 6.60. The van der Waals surface area contributed by atoms with Gasteiger partial charge in [0.05, 0.1) is 22.7 Å². The molecule has 1 aromatic heterocycles. The largest absolute Gasteiger partial charge is 0.478 e. The van der Waals surface area contributed by atoms with E-state index in [2.05, 4.69) is 0 Å². The molecule has 0 amide bonds. The summed E-state index contributed by atoms with van der Waals surface area (Å²) in [5, 5.41) is 18.1. The normalized spacial score (nSPS) is 10.5. The standard InChI is InChI=1S/C17H11FN2O2/c18-14-2-1-3-15-16(14)13(17(21)22)10-20(15)9-12-6-4-11(8-19)5-7-12/h1-7,10H,9H2,(H,21,22). The van der Waals surface area contributed by atoms with Crippen molar-refractivity contribution < 1.29 is 14.3 Å². The lowest BCUT2D eigenvalue weighted by Gasteiger charge is -2.05. The quantitative estimate of drug-likeness (QED) is 0.805. The van der Waals surface area contributed by atoms with E-state index in [0.29, 0.717) is 17.6 Å². The van der Waals surface area contributed by atoms with Gasteiger partial charge >= 0.3 is 5.97 Å². The molecule has 0 unspecified atom stereocenters. The molecule has 0 saturated carbocycles. The lowest BCUT2D eigenvalue weighted by Crippen LogP contribution is -1.98. The summed E-state index contributed by atoms with van der Waals surface area (Å²) < 4.78 is 15.6. The van der Waals surface area contributed by atoms with Gasteiger partial charge in [-0.05, 0) is 29.8 Å². The number of benzene rings is 2. The van der Waals surface area contributed by atoms with Gasteiger partial charge in [-0.25, -0.2) is 9.18 Å². The van der Waals surface area contributed by atoms with Crippen LogP contribution in [-0.4, -0.2) is 15.6 Å². The third-order valence-corrected chi connectivity index (χ3v) is 3.52. The molecule has 0 radical (unpaired) electrons. The minimum absolute atomic E-state index is 0.0539. The maximum absolute atomic E-state index is 13.9. The molecule has 4 nitrogen and oxygen atoms in total. The zero-order chi connectivity index (χ0) is 15.7. The van der Waals surface area contributed by atoms with E-state index in [4.69, 9.17) is 5.26 Å². The molecule has 5 heteroatoms. The maximum atomic E-state index is 13.9. The summed E-state index contributed by atoms with van der Waals surface area (Å²) in [5.41, 5.74) is 1.93. The molecule has 108 valence electrons. The van der Waals surface area contributed by atoms with Crippen LogP contribution in [0.3, 0.4) is 0 Å². The van der Waals surface area contributed by atoms with Crippen LogP contribution < -0.4 is 0 Å². The van der Waals surface area contributed by atoms with Crippen LogP contribution in [0.15, 0.2) is 48.7 Å². The monoisotopic (exact) mass is 294 g/mol. The Balaban J connectivity index is 2.09. The number of carbonyl (C=O) groups is 1. The number of nitriles is 1. The second-order valence-electron chi connectivity index (χ2n) is 4.92. The zero-order valence-corrected chi connectivity index (χ0v) is 11.5. The van der Waals surface area contributed by atoms with Crippen LogP contribution in [0.5, 0.6) is 0 Å². The number of carboxylic acids is 1. The lowest BCUT2D eigenvalue weighted by atomic mass is 10.1. The van der Waals surface area contributed by atoms with Gasteiger partial charge in [-0.15, -0.1) is 0 Å². The van der Waals surface area contributed by atoms with Gasteiger partial charge in [0.15, 0.2) is 0 Å². The topological polar surface area (TPSA) is 66.0 Å². The second kappa shape index (κ2) is 5.34. The number of carboxylic acid groups (broad SMARTS) is 1. The Morgan fingerprint density at radius 1 is 1.23 bits per heavy atom. The van der Waals surface area contributed by atoms with Crippen LogP contribution in [0.4, 0.5) is 4.39 Å². The Morgan fingerprint density at radius 3 is 2.59 bits per heavy atom. The van der Waals surface area contributed by atoms with E-state index in [0.717, 1.165) is 5.56 Å². The van der Waals surface area contributed by atoms with Crippen LogP contribution in [0.2, 0.25) is 0 Å². The number of aromatic carboxylic acids is 1. The number of aromatic nitrogens is 1. The summed E-state index contributed by atoms with van der Waals surface area (Å²) in [4.78, 5) is 11.3. The van der Waals surface area contributed by atoms with Gasteiger partial charge in [0.1, 0.15) is 5.82 Å². The van der Waals surface area contributed by atoms with Crippen molar-refractivity contribution in [2.24, 2.45) is 0 Å². The van der Waals surface area contributed by atoms with Gasteiger partial charge < -0.3 is 9.67 Å². The Hall–Kier alpha value is -3.13. The molecule has 0 atom stereocenters. The fourth-order valence-corrected chi connectivity index (χ4v) is 2.48. The molecule has 0 aliphatic heterocycles. The Morgan fingerprint density at radius 2 is 1.95 bits per heavy atom. The molecule has 0 spiro atoms. The summed E-state index contributed by atoms with van der Waals surface area (Å²) in [7, 11) is 0. The van der Waals surface area contributed by atoms with Crippen LogP contribution in [0, 0.1) is 17.1 Å². The molecule has 0 aliphatic carbocycles. The minimum Gasteiger partial charge on any atom is -0.478 e. The van der Waals surface area contributed by atoms with Crippen molar-refractivity contribution in [1.29, 1.82) is 5.26 Å². The first kappa shape index (κ1) is 13.8. The average molecular weight is 294 g/mol. The van der Waals surface area contributed by atoms with Crippen LogP contribution in [0.1, 0.15) is 21.5 Å². The highest BCUT2D eigenvalue weighted by molar-refractivity contribution is 6.03. The molecular formula is C17H11FN2O2. The fraction of sp³-hybridized carbons (Fsp3) is 0.0588. The highest BCUT2D eigenvalue weighted by Gasteiger charge is 2.17. The number of hydrogen-bond donors (Lipinski definition) is 1. The first-order chi connectivity index (χ1) is 10.6. The maximum Gasteiger partial charge on any atom is 0.337 e. The molecule has 0 fully saturated rings. The Labute approximate surface area is 125 Å². The molecule has 0 saturated heterocycles. The number of hydrogen-bond acceptors (Lipinski definition) is 2. The molecular weight excluding hydrogens is 283 g/mol. The van der Waals surface area contributed by atoms with E-state index in [9.17, 15) is 14.3 Å². The Kier molecular flexibility index (Phi) is 3.36. The van der Waals surface area contributed by atoms with Crippen molar-refractivity contribution in [2.75, 3.05) is 0 Å². The van der Waals surface area contributed by atoms with E-state index in [-0.39, 0.29) is 10.9 Å². The summed E-state index contributed by atoms with van der Waals surface area (Å²) in [6.45, 7) is 0.402. The van der Waals surface area contributed by atoms with Crippen LogP contribution >= 0.6 is 0 Å². The smallest absolute Gasteiger partial charge is 0.337 e. The number of fused-ring (bicyclic) bond motifs is 1. The third kappa shape index (κ3) is 2.31. The van der Waals surface area contributed by atoms with E-state index in [1.807, 2.05) is 6.07 Å². The van der Waals surface area contributed by atoms with Gasteiger partial charge in [-0.3, -0.25) is 0 Å². The van der Waals surface area contributed by atoms with E-state index >= 15 is 0 Å². The molecule has 0 bridgehead atoms. The molecule has 3 rings (SSSR count). The van der Waals surface area contributed by atoms with E-state index < -0.39 is 11.8 Å². The van der Waals surface area contributed by atoms with Gasteiger partial charge in [0, 0.05) is 18.1 Å². The fourth-order valence-electron chi connectivity index (χ4n) is 2.48. The minimum atomic E-state index is -1.16. The highest BCUT2D eigenvalue weighted by atomic mass is 19.1. The summed E-state index contributed by atoms with van der Waals surface area (Å²) in [6.07, 6.45) is 1.44. The zero-order valence-electron chi connectivity index (χ0n) is 11.5. The predicted molar refractivity (Wildman–Crippen MR) is 79.1 cm³/mol. The first-order valence-electron chi connectivity index (χ1n) is 6.60.